The number of ether oxygens (including phenoxy) is 4. The lowest BCUT2D eigenvalue weighted by Crippen LogP contribution is -2.58. The molecule has 3 amide bonds. The molecule has 0 radical (unpaired) electrons. The maximum absolute atomic E-state index is 14.1. The number of carbonyl (C=O) groups is 3. The fourth-order valence-corrected chi connectivity index (χ4v) is 9.73. The Balaban J connectivity index is 0.755. The molecule has 0 unspecified atom stereocenters. The molecule has 0 saturated carbocycles. The number of aliphatic hydroxyl groups excluding tert-OH is 1. The van der Waals surface area contributed by atoms with E-state index in [1.54, 1.807) is 17.5 Å². The number of amides is 3. The Hall–Kier alpha value is -6.12. The number of β-amino-alcohol motifs (C(OH)–C–C–N with tert-alkyl or cyclic N) is 1. The first-order chi connectivity index (χ1) is 34.9. The summed E-state index contributed by atoms with van der Waals surface area (Å²) in [6.45, 7) is 15.1. The standard InChI is InChI=1S/C54H67N9O8S/c1-37-49(72-36-57-37)40-12-10-38(11-13-40)31-56-51(66)46-30-44(64)32-63(46)52(67)50(54(2,3)4)60-48(65)35-70-26-22-61-18-20-62(21-19-61)23-27-71-47-15-14-43-29-42(47)34-69-25-6-5-24-68-33-39-8-7-9-41(28-39)45-16-17-55-53(58-43)59-45/h5-17,28-29,36,44,46,50,64H,18-27,30-35H2,1-4H3,(H,56,66)(H,60,65)(H,55,58,59)/b6-5+/t44-,46+,50-/m1/s1. The number of nitrogens with one attached hydrogen (secondary N) is 3. The average Bonchev–Trinajstić information content (AvgIpc) is 4.00. The van der Waals surface area contributed by atoms with Crippen molar-refractivity contribution in [1.29, 1.82) is 0 Å². The van der Waals surface area contributed by atoms with Crippen LogP contribution < -0.4 is 20.7 Å². The molecular weight excluding hydrogens is 935 g/mol. The fraction of sp³-hybridized carbons (Fsp3) is 0.444. The van der Waals surface area contributed by atoms with Crippen LogP contribution in [0.2, 0.25) is 0 Å². The van der Waals surface area contributed by atoms with Gasteiger partial charge in [0.2, 0.25) is 23.7 Å². The quantitative estimate of drug-likeness (QED) is 0.0733. The van der Waals surface area contributed by atoms with Crippen LogP contribution in [0, 0.1) is 12.3 Å². The molecule has 382 valence electrons. The number of aryl methyl sites for hydroxylation is 1. The maximum atomic E-state index is 14.1. The Labute approximate surface area is 425 Å². The molecule has 18 heteroatoms. The first-order valence-electron chi connectivity index (χ1n) is 24.7. The number of piperazine rings is 1. The molecule has 2 saturated heterocycles. The van der Waals surface area contributed by atoms with E-state index in [4.69, 9.17) is 23.9 Å². The summed E-state index contributed by atoms with van der Waals surface area (Å²) in [4.78, 5) is 61.6. The van der Waals surface area contributed by atoms with Gasteiger partial charge in [-0.15, -0.1) is 11.3 Å². The smallest absolute Gasteiger partial charge is 0.246 e. The summed E-state index contributed by atoms with van der Waals surface area (Å²) < 4.78 is 24.1. The van der Waals surface area contributed by atoms with E-state index in [-0.39, 0.29) is 32.0 Å². The highest BCUT2D eigenvalue weighted by molar-refractivity contribution is 7.13. The number of carbonyl (C=O) groups excluding carboxylic acids is 3. The zero-order chi connectivity index (χ0) is 50.5. The van der Waals surface area contributed by atoms with E-state index in [0.717, 1.165) is 88.2 Å². The van der Waals surface area contributed by atoms with E-state index in [9.17, 15) is 19.5 Å². The van der Waals surface area contributed by atoms with Gasteiger partial charge in [-0.25, -0.2) is 15.0 Å². The molecule has 72 heavy (non-hydrogen) atoms. The van der Waals surface area contributed by atoms with Crippen LogP contribution in [0.25, 0.3) is 21.7 Å². The molecule has 17 nitrogen and oxygen atoms in total. The van der Waals surface area contributed by atoms with Crippen LogP contribution >= 0.6 is 11.3 Å². The second-order valence-electron chi connectivity index (χ2n) is 19.4. The number of benzene rings is 3. The van der Waals surface area contributed by atoms with Crippen molar-refractivity contribution < 1.29 is 38.4 Å². The third kappa shape index (κ3) is 14.5. The third-order valence-corrected chi connectivity index (χ3v) is 13.9. The van der Waals surface area contributed by atoms with Crippen molar-refractivity contribution in [2.24, 2.45) is 5.41 Å². The van der Waals surface area contributed by atoms with Crippen LogP contribution in [-0.2, 0) is 48.4 Å². The molecule has 0 aliphatic carbocycles. The largest absolute Gasteiger partial charge is 0.492 e. The maximum Gasteiger partial charge on any atom is 0.246 e. The van der Waals surface area contributed by atoms with Gasteiger partial charge in [0.25, 0.3) is 0 Å². The number of anilines is 2. The van der Waals surface area contributed by atoms with Crippen LogP contribution in [0.1, 0.15) is 49.6 Å². The van der Waals surface area contributed by atoms with Crippen molar-refractivity contribution >= 4 is 40.7 Å². The number of rotatable bonds is 15. The van der Waals surface area contributed by atoms with Gasteiger partial charge in [-0.3, -0.25) is 24.2 Å². The van der Waals surface area contributed by atoms with Crippen molar-refractivity contribution in [3.05, 3.63) is 119 Å². The molecule has 5 heterocycles. The first-order valence-corrected chi connectivity index (χ1v) is 25.6. The summed E-state index contributed by atoms with van der Waals surface area (Å²) in [6.07, 6.45) is 4.94. The molecule has 0 spiro atoms. The van der Waals surface area contributed by atoms with E-state index in [0.29, 0.717) is 52.1 Å². The number of likely N-dealkylation sites (tertiary alicyclic amines) is 1. The Morgan fingerprint density at radius 3 is 2.39 bits per heavy atom. The van der Waals surface area contributed by atoms with Gasteiger partial charge in [-0.1, -0.05) is 75.4 Å². The van der Waals surface area contributed by atoms with Gasteiger partial charge in [-0.2, -0.15) is 0 Å². The summed E-state index contributed by atoms with van der Waals surface area (Å²) >= 11 is 1.58. The highest BCUT2D eigenvalue weighted by Gasteiger charge is 2.44. The van der Waals surface area contributed by atoms with Crippen LogP contribution in [0.15, 0.2) is 96.7 Å². The van der Waals surface area contributed by atoms with Gasteiger partial charge in [0.15, 0.2) is 0 Å². The molecule has 3 atom stereocenters. The summed E-state index contributed by atoms with van der Waals surface area (Å²) in [5, 5.41) is 19.8. The minimum atomic E-state index is -0.940. The molecule has 2 fully saturated rings. The van der Waals surface area contributed by atoms with Gasteiger partial charge >= 0.3 is 0 Å². The lowest BCUT2D eigenvalue weighted by Gasteiger charge is -2.35. The normalized spacial score (nSPS) is 18.8. The highest BCUT2D eigenvalue weighted by Crippen LogP contribution is 2.30. The minimum Gasteiger partial charge on any atom is -0.492 e. The molecule has 2 aromatic heterocycles. The van der Waals surface area contributed by atoms with E-state index in [1.807, 2.05) is 112 Å². The topological polar surface area (TPSA) is 193 Å². The van der Waals surface area contributed by atoms with Crippen LogP contribution in [0.5, 0.6) is 5.75 Å². The Bertz CT molecular complexity index is 2630. The Morgan fingerprint density at radius 1 is 0.903 bits per heavy atom. The summed E-state index contributed by atoms with van der Waals surface area (Å²) in [6, 6.07) is 22.1. The van der Waals surface area contributed by atoms with Gasteiger partial charge < -0.3 is 44.9 Å². The highest BCUT2D eigenvalue weighted by atomic mass is 32.1. The van der Waals surface area contributed by atoms with E-state index in [2.05, 4.69) is 41.8 Å². The molecule has 5 aromatic rings. The SMILES string of the molecule is Cc1ncsc1-c1ccc(CNC(=O)[C@@H]2C[C@@H](O)CN2C(=O)[C@@H](NC(=O)COCCN2CCN(CCOc3ccc4cc3COC/C=C/COCc3cccc(c3)-c3ccnc(n3)N4)CC2)C(C)(C)C)cc1. The number of nitrogens with zero attached hydrogens (tertiary/aromatic N) is 6. The molecule has 6 bridgehead atoms. The van der Waals surface area contributed by atoms with Crippen LogP contribution in [0.4, 0.5) is 11.6 Å². The molecule has 3 aliphatic rings. The average molecular weight is 1000 g/mol. The monoisotopic (exact) mass is 1000 g/mol. The third-order valence-electron chi connectivity index (χ3n) is 12.9. The van der Waals surface area contributed by atoms with Crippen LogP contribution in [0.3, 0.4) is 0 Å². The van der Waals surface area contributed by atoms with Crippen molar-refractivity contribution in [1.82, 2.24) is 40.3 Å². The van der Waals surface area contributed by atoms with Crippen molar-refractivity contribution in [3.63, 3.8) is 0 Å². The van der Waals surface area contributed by atoms with Crippen molar-refractivity contribution in [2.75, 3.05) is 84.2 Å². The summed E-state index contributed by atoms with van der Waals surface area (Å²) in [5.74, 6) is 0.0522. The number of hydrogen-bond donors (Lipinski definition) is 4. The minimum absolute atomic E-state index is 0.000164. The molecular formula is C54H67N9O8S. The summed E-state index contributed by atoms with van der Waals surface area (Å²) in [7, 11) is 0. The van der Waals surface area contributed by atoms with Crippen molar-refractivity contribution in [2.45, 2.75) is 72.1 Å². The molecule has 3 aliphatic heterocycles. The Morgan fingerprint density at radius 2 is 1.65 bits per heavy atom. The zero-order valence-electron chi connectivity index (χ0n) is 41.7. The molecule has 4 N–H and O–H groups in total. The van der Waals surface area contributed by atoms with Crippen molar-refractivity contribution in [3.8, 4) is 27.4 Å². The number of thiazole rings is 1. The second-order valence-corrected chi connectivity index (χ2v) is 20.3. The summed E-state index contributed by atoms with van der Waals surface area (Å²) in [5.41, 5.74) is 8.67. The predicted molar refractivity (Wildman–Crippen MR) is 276 cm³/mol. The predicted octanol–water partition coefficient (Wildman–Crippen LogP) is 5.74. The number of aromatic nitrogens is 3. The van der Waals surface area contributed by atoms with E-state index in [1.165, 1.54) is 4.90 Å². The lowest BCUT2D eigenvalue weighted by molar-refractivity contribution is -0.144. The Kier molecular flexibility index (Phi) is 18.1. The fourth-order valence-electron chi connectivity index (χ4n) is 8.92. The van der Waals surface area contributed by atoms with Crippen LogP contribution in [-0.4, -0.2) is 150 Å². The number of fused-ring (bicyclic) bond motifs is 7. The van der Waals surface area contributed by atoms with E-state index < -0.39 is 35.4 Å². The van der Waals surface area contributed by atoms with Gasteiger partial charge in [0.1, 0.15) is 31.0 Å². The van der Waals surface area contributed by atoms with Gasteiger partial charge in [-0.05, 0) is 59.4 Å². The number of aliphatic hydroxyl groups is 1. The second kappa shape index (κ2) is 25.0. The molecule has 3 aromatic carbocycles. The van der Waals surface area contributed by atoms with Gasteiger partial charge in [0.05, 0.1) is 60.9 Å². The zero-order valence-corrected chi connectivity index (χ0v) is 42.5. The first kappa shape index (κ1) is 52.2. The number of hydrogen-bond acceptors (Lipinski definition) is 15. The van der Waals surface area contributed by atoms with E-state index >= 15 is 0 Å². The van der Waals surface area contributed by atoms with Gasteiger partial charge in [0, 0.05) is 81.8 Å². The lowest BCUT2D eigenvalue weighted by atomic mass is 9.85. The molecule has 8 rings (SSSR count).